The van der Waals surface area contributed by atoms with E-state index in [0.717, 1.165) is 23.3 Å². The average molecular weight is 461 g/mol. The standard InChI is InChI=1S/C28H32N2O4/c1-26(2)27(3)15-16-28(26,24(32)29(4)23(27)31)25(33)30-17-14-18-8-6-7-9-21(18)22(30)19-10-12-20(34-5)13-11-19/h6-13,22H,14-17H2,1-5H3/t22-,27-,28+/m0/s1. The van der Waals surface area contributed by atoms with Crippen LogP contribution in [-0.2, 0) is 20.8 Å². The largest absolute Gasteiger partial charge is 0.497 e. The SMILES string of the molecule is COc1ccc([C@H]2c3ccccc3CCN2C(=O)[C@@]23CC[C@@](C)(C(=O)N(C)C2=O)C3(C)C)cc1. The summed E-state index contributed by atoms with van der Waals surface area (Å²) < 4.78 is 5.35. The van der Waals surface area contributed by atoms with Crippen LogP contribution in [0.4, 0.5) is 0 Å². The molecule has 3 atom stereocenters. The van der Waals surface area contributed by atoms with Gasteiger partial charge in [-0.05, 0) is 48.1 Å². The highest BCUT2D eigenvalue weighted by molar-refractivity contribution is 6.16. The lowest BCUT2D eigenvalue weighted by Crippen LogP contribution is -2.68. The maximum Gasteiger partial charge on any atom is 0.245 e. The van der Waals surface area contributed by atoms with Crippen molar-refractivity contribution in [2.24, 2.45) is 16.2 Å². The Bertz CT molecular complexity index is 1190. The number of carbonyl (C=O) groups excluding carboxylic acids is 3. The molecule has 0 unspecified atom stereocenters. The molecular formula is C28H32N2O4. The summed E-state index contributed by atoms with van der Waals surface area (Å²) in [6.07, 6.45) is 1.64. The van der Waals surface area contributed by atoms with Crippen molar-refractivity contribution in [3.8, 4) is 5.75 Å². The monoisotopic (exact) mass is 460 g/mol. The van der Waals surface area contributed by atoms with Crippen molar-refractivity contribution < 1.29 is 19.1 Å². The molecule has 0 aromatic heterocycles. The molecule has 5 rings (SSSR count). The second kappa shape index (κ2) is 7.42. The van der Waals surface area contributed by atoms with Crippen LogP contribution in [0.25, 0.3) is 0 Å². The fourth-order valence-electron chi connectivity index (χ4n) is 6.67. The lowest BCUT2D eigenvalue weighted by molar-refractivity contribution is -0.183. The number of imide groups is 1. The molecule has 3 aliphatic rings. The highest BCUT2D eigenvalue weighted by atomic mass is 16.5. The number of piperidine rings is 1. The molecule has 2 aromatic rings. The molecule has 1 saturated carbocycles. The first-order valence-corrected chi connectivity index (χ1v) is 12.0. The molecule has 0 spiro atoms. The van der Waals surface area contributed by atoms with Crippen molar-refractivity contribution >= 4 is 17.7 Å². The zero-order valence-corrected chi connectivity index (χ0v) is 20.6. The summed E-state index contributed by atoms with van der Waals surface area (Å²) in [6, 6.07) is 15.7. The van der Waals surface area contributed by atoms with Gasteiger partial charge in [0.05, 0.1) is 18.6 Å². The molecule has 2 heterocycles. The zero-order chi connectivity index (χ0) is 24.5. The second-order valence-electron chi connectivity index (χ2n) is 10.7. The number of rotatable bonds is 3. The number of likely N-dealkylation sites (tertiary alicyclic amines) is 1. The third-order valence-electron chi connectivity index (χ3n) is 9.23. The van der Waals surface area contributed by atoms with Crippen LogP contribution in [-0.4, -0.2) is 48.2 Å². The molecule has 34 heavy (non-hydrogen) atoms. The molecule has 178 valence electrons. The Labute approximate surface area is 200 Å². The number of hydrogen-bond donors (Lipinski definition) is 0. The lowest BCUT2D eigenvalue weighted by atomic mass is 9.54. The van der Waals surface area contributed by atoms with Gasteiger partial charge in [0.25, 0.3) is 0 Å². The van der Waals surface area contributed by atoms with Gasteiger partial charge in [-0.1, -0.05) is 57.2 Å². The first-order valence-electron chi connectivity index (χ1n) is 12.0. The van der Waals surface area contributed by atoms with E-state index < -0.39 is 16.2 Å². The first-order chi connectivity index (χ1) is 16.1. The fourth-order valence-corrected chi connectivity index (χ4v) is 6.67. The van der Waals surface area contributed by atoms with Gasteiger partial charge in [-0.15, -0.1) is 0 Å². The van der Waals surface area contributed by atoms with Crippen LogP contribution in [0.5, 0.6) is 5.75 Å². The minimum Gasteiger partial charge on any atom is -0.497 e. The zero-order valence-electron chi connectivity index (χ0n) is 20.6. The number of fused-ring (bicyclic) bond motifs is 3. The number of amides is 3. The molecule has 3 amide bonds. The van der Waals surface area contributed by atoms with Crippen molar-refractivity contribution in [3.05, 3.63) is 65.2 Å². The minimum absolute atomic E-state index is 0.166. The molecule has 2 fully saturated rings. The van der Waals surface area contributed by atoms with Crippen LogP contribution >= 0.6 is 0 Å². The van der Waals surface area contributed by atoms with Gasteiger partial charge in [-0.25, -0.2) is 0 Å². The molecule has 6 heteroatoms. The van der Waals surface area contributed by atoms with Gasteiger partial charge in [-0.2, -0.15) is 0 Å². The number of nitrogens with zero attached hydrogens (tertiary/aromatic N) is 2. The number of ether oxygens (including phenoxy) is 1. The molecule has 1 saturated heterocycles. The van der Waals surface area contributed by atoms with E-state index in [2.05, 4.69) is 12.1 Å². The van der Waals surface area contributed by atoms with E-state index in [1.807, 2.05) is 62.1 Å². The topological polar surface area (TPSA) is 66.9 Å². The number of methoxy groups -OCH3 is 1. The normalized spacial score (nSPS) is 29.7. The Morgan fingerprint density at radius 2 is 1.65 bits per heavy atom. The average Bonchev–Trinajstić information content (AvgIpc) is 3.03. The highest BCUT2D eigenvalue weighted by Crippen LogP contribution is 2.67. The second-order valence-corrected chi connectivity index (χ2v) is 10.7. The summed E-state index contributed by atoms with van der Waals surface area (Å²) in [5, 5.41) is 0. The maximum absolute atomic E-state index is 14.6. The number of benzene rings is 2. The van der Waals surface area contributed by atoms with Crippen LogP contribution in [0, 0.1) is 16.2 Å². The molecule has 1 aliphatic carbocycles. The lowest BCUT2D eigenvalue weighted by Gasteiger charge is -2.54. The van der Waals surface area contributed by atoms with E-state index in [0.29, 0.717) is 19.4 Å². The van der Waals surface area contributed by atoms with Crippen LogP contribution in [0.2, 0.25) is 0 Å². The molecule has 0 N–H and O–H groups in total. The summed E-state index contributed by atoms with van der Waals surface area (Å²) in [7, 11) is 3.16. The summed E-state index contributed by atoms with van der Waals surface area (Å²) in [5.41, 5.74) is 0.455. The summed E-state index contributed by atoms with van der Waals surface area (Å²) in [5.74, 6) is 0.0365. The van der Waals surface area contributed by atoms with Gasteiger partial charge < -0.3 is 9.64 Å². The molecule has 2 bridgehead atoms. The first kappa shape index (κ1) is 22.6. The van der Waals surface area contributed by atoms with Crippen molar-refractivity contribution in [3.63, 3.8) is 0 Å². The van der Waals surface area contributed by atoms with Crippen LogP contribution in [0.15, 0.2) is 48.5 Å². The van der Waals surface area contributed by atoms with E-state index >= 15 is 0 Å². The third kappa shape index (κ3) is 2.65. The van der Waals surface area contributed by atoms with Crippen molar-refractivity contribution in [2.45, 2.75) is 46.1 Å². The van der Waals surface area contributed by atoms with Gasteiger partial charge >= 0.3 is 0 Å². The predicted octanol–water partition coefficient (Wildman–Crippen LogP) is 3.98. The Morgan fingerprint density at radius 1 is 0.971 bits per heavy atom. The Morgan fingerprint density at radius 3 is 2.32 bits per heavy atom. The predicted molar refractivity (Wildman–Crippen MR) is 128 cm³/mol. The molecule has 6 nitrogen and oxygen atoms in total. The van der Waals surface area contributed by atoms with Crippen molar-refractivity contribution in [2.75, 3.05) is 20.7 Å². The van der Waals surface area contributed by atoms with E-state index in [1.54, 1.807) is 7.11 Å². The van der Waals surface area contributed by atoms with Crippen molar-refractivity contribution in [1.82, 2.24) is 9.80 Å². The van der Waals surface area contributed by atoms with Crippen LogP contribution in [0.1, 0.15) is 56.3 Å². The van der Waals surface area contributed by atoms with Gasteiger partial charge in [0.15, 0.2) is 0 Å². The molecule has 2 aromatic carbocycles. The minimum atomic E-state index is -1.26. The molecule has 2 aliphatic heterocycles. The fraction of sp³-hybridized carbons (Fsp3) is 0.464. The Balaban J connectivity index is 1.65. The number of carbonyl (C=O) groups is 3. The van der Waals surface area contributed by atoms with E-state index in [1.165, 1.54) is 17.5 Å². The summed E-state index contributed by atoms with van der Waals surface area (Å²) >= 11 is 0. The summed E-state index contributed by atoms with van der Waals surface area (Å²) in [6.45, 7) is 6.30. The van der Waals surface area contributed by atoms with Gasteiger partial charge in [0.1, 0.15) is 11.2 Å². The van der Waals surface area contributed by atoms with Crippen LogP contribution < -0.4 is 4.74 Å². The third-order valence-corrected chi connectivity index (χ3v) is 9.23. The van der Waals surface area contributed by atoms with E-state index in [9.17, 15) is 14.4 Å². The Kier molecular flexibility index (Phi) is 4.94. The van der Waals surface area contributed by atoms with E-state index in [4.69, 9.17) is 4.74 Å². The molecular weight excluding hydrogens is 428 g/mol. The summed E-state index contributed by atoms with van der Waals surface area (Å²) in [4.78, 5) is 44.6. The van der Waals surface area contributed by atoms with Crippen LogP contribution in [0.3, 0.4) is 0 Å². The highest BCUT2D eigenvalue weighted by Gasteiger charge is 2.75. The van der Waals surface area contributed by atoms with Crippen molar-refractivity contribution in [1.29, 1.82) is 0 Å². The van der Waals surface area contributed by atoms with E-state index in [-0.39, 0.29) is 23.8 Å². The number of hydrogen-bond acceptors (Lipinski definition) is 4. The van der Waals surface area contributed by atoms with Gasteiger partial charge in [0, 0.05) is 19.0 Å². The molecule has 0 radical (unpaired) electrons. The van der Waals surface area contributed by atoms with Gasteiger partial charge in [-0.3, -0.25) is 19.3 Å². The van der Waals surface area contributed by atoms with Gasteiger partial charge in [0.2, 0.25) is 17.7 Å². The quantitative estimate of drug-likeness (QED) is 0.513. The Hall–Kier alpha value is -3.15. The smallest absolute Gasteiger partial charge is 0.245 e. The maximum atomic E-state index is 14.6.